The van der Waals surface area contributed by atoms with E-state index in [4.69, 9.17) is 9.15 Å². The highest BCUT2D eigenvalue weighted by Crippen LogP contribution is 2.24. The van der Waals surface area contributed by atoms with E-state index in [2.05, 4.69) is 20.4 Å². The number of amides is 1. The number of carbonyl (C=O) groups excluding carboxylic acids is 1. The molecule has 3 aromatic heterocycles. The van der Waals surface area contributed by atoms with E-state index in [-0.39, 0.29) is 5.91 Å². The van der Waals surface area contributed by atoms with E-state index in [1.807, 2.05) is 27.7 Å². The average Bonchev–Trinajstić information content (AvgIpc) is 3.22. The lowest BCUT2D eigenvalue weighted by Crippen LogP contribution is -2.11. The summed E-state index contributed by atoms with van der Waals surface area (Å²) in [7, 11) is 0. The molecule has 0 saturated carbocycles. The fraction of sp³-hybridized carbons (Fsp3) is 0.217. The molecule has 4 rings (SSSR count). The van der Waals surface area contributed by atoms with Gasteiger partial charge in [0.2, 0.25) is 5.88 Å². The Morgan fingerprint density at radius 1 is 1.03 bits per heavy atom. The van der Waals surface area contributed by atoms with Crippen LogP contribution in [0, 0.1) is 34.6 Å². The molecule has 0 saturated heterocycles. The number of nitrogens with one attached hydrogen (secondary N) is 1. The highest BCUT2D eigenvalue weighted by Gasteiger charge is 2.14. The first-order chi connectivity index (χ1) is 14.8. The molecule has 8 nitrogen and oxygen atoms in total. The van der Waals surface area contributed by atoms with E-state index in [0.29, 0.717) is 40.2 Å². The highest BCUT2D eigenvalue weighted by atomic mass is 16.5. The molecule has 1 amide bonds. The summed E-state index contributed by atoms with van der Waals surface area (Å²) >= 11 is 0. The van der Waals surface area contributed by atoms with Gasteiger partial charge in [-0.05, 0) is 70.5 Å². The SMILES string of the molecule is Cc1cc(C(=O)Nc2ccc(Oc3cc(-n4nc(C)c(C)c4C)ncn3)cc2)c(C)o1. The molecule has 31 heavy (non-hydrogen) atoms. The van der Waals surface area contributed by atoms with Crippen molar-refractivity contribution in [1.82, 2.24) is 19.7 Å². The summed E-state index contributed by atoms with van der Waals surface area (Å²) in [4.78, 5) is 20.9. The van der Waals surface area contributed by atoms with Gasteiger partial charge in [-0.15, -0.1) is 0 Å². The molecule has 158 valence electrons. The maximum atomic E-state index is 12.4. The average molecular weight is 417 g/mol. The van der Waals surface area contributed by atoms with Crippen LogP contribution in [-0.2, 0) is 0 Å². The van der Waals surface area contributed by atoms with E-state index in [1.54, 1.807) is 48.0 Å². The van der Waals surface area contributed by atoms with Gasteiger partial charge >= 0.3 is 0 Å². The van der Waals surface area contributed by atoms with Crippen molar-refractivity contribution in [2.45, 2.75) is 34.6 Å². The van der Waals surface area contributed by atoms with Crippen LogP contribution in [0.5, 0.6) is 11.6 Å². The first kappa shape index (κ1) is 20.3. The zero-order chi connectivity index (χ0) is 22.1. The van der Waals surface area contributed by atoms with Crippen molar-refractivity contribution in [3.63, 3.8) is 0 Å². The molecule has 0 radical (unpaired) electrons. The van der Waals surface area contributed by atoms with Gasteiger partial charge in [-0.1, -0.05) is 0 Å². The monoisotopic (exact) mass is 417 g/mol. The predicted molar refractivity (Wildman–Crippen MR) is 116 cm³/mol. The Labute approximate surface area is 179 Å². The van der Waals surface area contributed by atoms with Crippen LogP contribution in [0.15, 0.2) is 47.1 Å². The van der Waals surface area contributed by atoms with Crippen molar-refractivity contribution < 1.29 is 13.9 Å². The van der Waals surface area contributed by atoms with Crippen LogP contribution in [-0.4, -0.2) is 25.7 Å². The molecule has 0 spiro atoms. The normalized spacial score (nSPS) is 10.9. The minimum Gasteiger partial charge on any atom is -0.466 e. The summed E-state index contributed by atoms with van der Waals surface area (Å²) in [6.45, 7) is 9.57. The first-order valence-corrected chi connectivity index (χ1v) is 9.83. The largest absolute Gasteiger partial charge is 0.466 e. The Morgan fingerprint density at radius 2 is 1.77 bits per heavy atom. The van der Waals surface area contributed by atoms with Crippen molar-refractivity contribution in [2.75, 3.05) is 5.32 Å². The minimum absolute atomic E-state index is 0.219. The maximum absolute atomic E-state index is 12.4. The molecule has 0 unspecified atom stereocenters. The third kappa shape index (κ3) is 4.18. The summed E-state index contributed by atoms with van der Waals surface area (Å²) in [5.41, 5.74) is 4.27. The molecule has 0 fully saturated rings. The molecule has 3 heterocycles. The van der Waals surface area contributed by atoms with Crippen molar-refractivity contribution in [2.24, 2.45) is 0 Å². The second-order valence-electron chi connectivity index (χ2n) is 7.33. The van der Waals surface area contributed by atoms with Crippen LogP contribution in [0.2, 0.25) is 0 Å². The van der Waals surface area contributed by atoms with Gasteiger partial charge in [0.25, 0.3) is 5.91 Å². The quantitative estimate of drug-likeness (QED) is 0.499. The molecule has 0 aliphatic rings. The molecule has 0 atom stereocenters. The molecular weight excluding hydrogens is 394 g/mol. The molecule has 1 N–H and O–H groups in total. The third-order valence-electron chi connectivity index (χ3n) is 5.12. The summed E-state index contributed by atoms with van der Waals surface area (Å²) in [6.07, 6.45) is 1.44. The van der Waals surface area contributed by atoms with Crippen molar-refractivity contribution in [3.8, 4) is 17.4 Å². The number of carbonyl (C=O) groups is 1. The number of anilines is 1. The third-order valence-corrected chi connectivity index (χ3v) is 5.12. The van der Waals surface area contributed by atoms with Crippen LogP contribution in [0.4, 0.5) is 5.69 Å². The van der Waals surface area contributed by atoms with Gasteiger partial charge in [0.05, 0.1) is 11.3 Å². The number of hydrogen-bond acceptors (Lipinski definition) is 6. The second kappa shape index (κ2) is 8.06. The van der Waals surface area contributed by atoms with Gasteiger partial charge in [0.1, 0.15) is 23.6 Å². The zero-order valence-electron chi connectivity index (χ0n) is 18.1. The van der Waals surface area contributed by atoms with E-state index >= 15 is 0 Å². The smallest absolute Gasteiger partial charge is 0.259 e. The lowest BCUT2D eigenvalue weighted by molar-refractivity contribution is 0.102. The number of ether oxygens (including phenoxy) is 1. The number of furan rings is 1. The molecule has 4 aromatic rings. The number of rotatable bonds is 5. The molecule has 0 bridgehead atoms. The van der Waals surface area contributed by atoms with Gasteiger partial charge in [-0.25, -0.2) is 14.6 Å². The lowest BCUT2D eigenvalue weighted by atomic mass is 10.2. The Bertz CT molecular complexity index is 1250. The van der Waals surface area contributed by atoms with Gasteiger partial charge < -0.3 is 14.5 Å². The van der Waals surface area contributed by atoms with E-state index < -0.39 is 0 Å². The predicted octanol–water partition coefficient (Wildman–Crippen LogP) is 4.84. The Hall–Kier alpha value is -3.94. The Kier molecular flexibility index (Phi) is 5.29. The van der Waals surface area contributed by atoms with Crippen molar-refractivity contribution in [3.05, 3.63) is 76.8 Å². The van der Waals surface area contributed by atoms with Gasteiger partial charge in [0, 0.05) is 17.4 Å². The number of benzene rings is 1. The van der Waals surface area contributed by atoms with Crippen LogP contribution < -0.4 is 10.1 Å². The van der Waals surface area contributed by atoms with Gasteiger partial charge in [0.15, 0.2) is 5.82 Å². The van der Waals surface area contributed by atoms with Crippen LogP contribution in [0.25, 0.3) is 5.82 Å². The zero-order valence-corrected chi connectivity index (χ0v) is 18.1. The molecule has 0 aliphatic heterocycles. The highest BCUT2D eigenvalue weighted by molar-refractivity contribution is 6.05. The lowest BCUT2D eigenvalue weighted by Gasteiger charge is -2.09. The van der Waals surface area contributed by atoms with Crippen LogP contribution in [0.3, 0.4) is 0 Å². The summed E-state index contributed by atoms with van der Waals surface area (Å²) in [5.74, 6) is 2.69. The standard InChI is InChI=1S/C23H23N5O3/c1-13-10-20(17(5)30-13)23(29)26-18-6-8-19(9-7-18)31-22-11-21(24-12-25-22)28-16(4)14(2)15(3)27-28/h6-12H,1-5H3,(H,26,29). The van der Waals surface area contributed by atoms with Crippen LogP contribution >= 0.6 is 0 Å². The summed E-state index contributed by atoms with van der Waals surface area (Å²) in [6, 6.07) is 10.5. The van der Waals surface area contributed by atoms with E-state index in [9.17, 15) is 4.79 Å². The number of aromatic nitrogens is 4. The fourth-order valence-electron chi connectivity index (χ4n) is 3.23. The van der Waals surface area contributed by atoms with E-state index in [1.165, 1.54) is 6.33 Å². The van der Waals surface area contributed by atoms with E-state index in [0.717, 1.165) is 17.0 Å². The molecular formula is C23H23N5O3. The minimum atomic E-state index is -0.219. The van der Waals surface area contributed by atoms with Crippen LogP contribution in [0.1, 0.15) is 38.8 Å². The second-order valence-corrected chi connectivity index (χ2v) is 7.33. The first-order valence-electron chi connectivity index (χ1n) is 9.83. The van der Waals surface area contributed by atoms with Crippen molar-refractivity contribution in [1.29, 1.82) is 0 Å². The maximum Gasteiger partial charge on any atom is 0.259 e. The Balaban J connectivity index is 1.47. The number of aryl methyl sites for hydroxylation is 3. The van der Waals surface area contributed by atoms with Gasteiger partial charge in [-0.2, -0.15) is 5.10 Å². The fourth-order valence-corrected chi connectivity index (χ4v) is 3.23. The van der Waals surface area contributed by atoms with Crippen molar-refractivity contribution >= 4 is 11.6 Å². The summed E-state index contributed by atoms with van der Waals surface area (Å²) in [5, 5.41) is 7.38. The number of hydrogen-bond donors (Lipinski definition) is 1. The summed E-state index contributed by atoms with van der Waals surface area (Å²) < 4.78 is 13.1. The molecule has 0 aliphatic carbocycles. The molecule has 8 heteroatoms. The topological polar surface area (TPSA) is 95.1 Å². The molecule has 1 aromatic carbocycles. The van der Waals surface area contributed by atoms with Gasteiger partial charge in [-0.3, -0.25) is 4.79 Å². The Morgan fingerprint density at radius 3 is 2.39 bits per heavy atom. The number of nitrogens with zero attached hydrogens (tertiary/aromatic N) is 4.